The Kier molecular flexibility index (Phi) is 6.42. The van der Waals surface area contributed by atoms with Gasteiger partial charge in [-0.15, -0.1) is 0 Å². The van der Waals surface area contributed by atoms with Gasteiger partial charge in [0, 0.05) is 36.2 Å². The third kappa shape index (κ3) is 4.76. The summed E-state index contributed by atoms with van der Waals surface area (Å²) in [6.07, 6.45) is 5.81. The molecule has 2 aromatic carbocycles. The number of benzene rings is 2. The number of hydrogen-bond acceptors (Lipinski definition) is 4. The third-order valence-corrected chi connectivity index (χ3v) is 5.22. The van der Waals surface area contributed by atoms with Crippen LogP contribution in [0.4, 0.5) is 4.39 Å². The van der Waals surface area contributed by atoms with Gasteiger partial charge >= 0.3 is 0 Å². The fourth-order valence-corrected chi connectivity index (χ4v) is 3.60. The average molecular weight is 447 g/mol. The molecular formula is C25H20ClFN4O. The number of hydrogen-bond donors (Lipinski definition) is 0. The van der Waals surface area contributed by atoms with E-state index >= 15 is 0 Å². The minimum absolute atomic E-state index is 0.289. The molecule has 32 heavy (non-hydrogen) atoms. The summed E-state index contributed by atoms with van der Waals surface area (Å²) < 4.78 is 14.7. The summed E-state index contributed by atoms with van der Waals surface area (Å²) in [5, 5.41) is 7.11. The lowest BCUT2D eigenvalue weighted by atomic mass is 9.96. The van der Waals surface area contributed by atoms with Gasteiger partial charge in [0.1, 0.15) is 5.82 Å². The van der Waals surface area contributed by atoms with Crippen molar-refractivity contribution < 1.29 is 9.18 Å². The van der Waals surface area contributed by atoms with Gasteiger partial charge in [0.2, 0.25) is 6.41 Å². The zero-order valence-corrected chi connectivity index (χ0v) is 18.1. The van der Waals surface area contributed by atoms with Crippen molar-refractivity contribution >= 4 is 18.0 Å². The Hall–Kier alpha value is -3.77. The number of rotatable bonds is 6. The Morgan fingerprint density at radius 3 is 2.34 bits per heavy atom. The van der Waals surface area contributed by atoms with E-state index in [9.17, 15) is 9.18 Å². The minimum Gasteiger partial charge on any atom is -0.294 e. The Bertz CT molecular complexity index is 1290. The zero-order chi connectivity index (χ0) is 22.5. The van der Waals surface area contributed by atoms with Gasteiger partial charge in [-0.2, -0.15) is 5.10 Å². The number of carbonyl (C=O) groups excluding carboxylic acids is 1. The first-order chi connectivity index (χ1) is 15.5. The maximum Gasteiger partial charge on any atom is 0.219 e. The van der Waals surface area contributed by atoms with Gasteiger partial charge in [-0.1, -0.05) is 35.9 Å². The van der Waals surface area contributed by atoms with Crippen molar-refractivity contribution in [1.82, 2.24) is 14.6 Å². The van der Waals surface area contributed by atoms with Gasteiger partial charge in [-0.3, -0.25) is 19.4 Å². The van der Waals surface area contributed by atoms with Crippen LogP contribution in [0, 0.1) is 5.82 Å². The number of pyridine rings is 2. The second-order valence-corrected chi connectivity index (χ2v) is 7.66. The van der Waals surface area contributed by atoms with Crippen molar-refractivity contribution in [1.29, 1.82) is 0 Å². The fraction of sp³-hybridized carbons (Fsp3) is 0.0800. The van der Waals surface area contributed by atoms with Crippen molar-refractivity contribution in [2.45, 2.75) is 6.54 Å². The molecule has 0 aliphatic rings. The number of carbonyl (C=O) groups is 1. The lowest BCUT2D eigenvalue weighted by molar-refractivity contribution is 0.330. The SMILES string of the molecule is CN(Cc1ccc(F)cc1)/N=c1/c(-c2ccncc2)c(-c2ccc(Cl)cc2)ccn1C=O. The lowest BCUT2D eigenvalue weighted by Gasteiger charge is -2.17. The Morgan fingerprint density at radius 2 is 1.69 bits per heavy atom. The van der Waals surface area contributed by atoms with Gasteiger partial charge in [0.15, 0.2) is 5.49 Å². The zero-order valence-electron chi connectivity index (χ0n) is 17.3. The summed E-state index contributed by atoms with van der Waals surface area (Å²) in [7, 11) is 1.81. The highest BCUT2D eigenvalue weighted by molar-refractivity contribution is 6.30. The van der Waals surface area contributed by atoms with Crippen LogP contribution in [0.5, 0.6) is 0 Å². The number of halogens is 2. The summed E-state index contributed by atoms with van der Waals surface area (Å²) in [5.41, 5.74) is 4.88. The van der Waals surface area contributed by atoms with Crippen LogP contribution in [-0.2, 0) is 11.3 Å². The Labute approximate surface area is 190 Å². The largest absolute Gasteiger partial charge is 0.294 e. The molecule has 0 radical (unpaired) electrons. The molecule has 5 nitrogen and oxygen atoms in total. The van der Waals surface area contributed by atoms with E-state index in [-0.39, 0.29) is 5.82 Å². The summed E-state index contributed by atoms with van der Waals surface area (Å²) in [6, 6.07) is 19.4. The van der Waals surface area contributed by atoms with E-state index in [1.165, 1.54) is 16.7 Å². The van der Waals surface area contributed by atoms with Crippen LogP contribution in [0.2, 0.25) is 5.02 Å². The van der Waals surface area contributed by atoms with Crippen molar-refractivity contribution in [2.24, 2.45) is 5.10 Å². The highest BCUT2D eigenvalue weighted by Gasteiger charge is 2.14. The summed E-state index contributed by atoms with van der Waals surface area (Å²) in [6.45, 7) is 0.445. The molecule has 4 rings (SSSR count). The molecule has 0 unspecified atom stereocenters. The van der Waals surface area contributed by atoms with E-state index in [1.54, 1.807) is 35.7 Å². The standard InChI is InChI=1S/C25H20ClFN4O/c1-30(16-18-2-8-22(27)9-3-18)29-25-24(20-10-13-28-14-11-20)23(12-15-31(25)17-32)19-4-6-21(26)7-5-19/h2-15,17H,16H2,1H3/b29-25-. The van der Waals surface area contributed by atoms with E-state index in [0.29, 0.717) is 17.1 Å². The van der Waals surface area contributed by atoms with Gasteiger partial charge < -0.3 is 0 Å². The molecular weight excluding hydrogens is 427 g/mol. The molecule has 0 aliphatic heterocycles. The number of aromatic nitrogens is 2. The summed E-state index contributed by atoms with van der Waals surface area (Å²) in [4.78, 5) is 16.0. The van der Waals surface area contributed by atoms with Gasteiger partial charge in [-0.05, 0) is 64.7 Å². The van der Waals surface area contributed by atoms with Crippen LogP contribution in [0.15, 0.2) is 90.4 Å². The van der Waals surface area contributed by atoms with E-state index in [0.717, 1.165) is 34.2 Å². The molecule has 0 amide bonds. The normalized spacial score (nSPS) is 11.4. The molecule has 2 heterocycles. The van der Waals surface area contributed by atoms with Crippen molar-refractivity contribution in [3.8, 4) is 22.3 Å². The van der Waals surface area contributed by atoms with E-state index in [1.807, 2.05) is 49.5 Å². The first kappa shape index (κ1) is 21.5. The maximum atomic E-state index is 13.2. The molecule has 0 saturated heterocycles. The van der Waals surface area contributed by atoms with Crippen LogP contribution in [0.3, 0.4) is 0 Å². The summed E-state index contributed by atoms with van der Waals surface area (Å²) >= 11 is 6.08. The molecule has 0 N–H and O–H groups in total. The van der Waals surface area contributed by atoms with Crippen LogP contribution in [0.1, 0.15) is 5.56 Å². The monoisotopic (exact) mass is 446 g/mol. The third-order valence-electron chi connectivity index (χ3n) is 4.97. The molecule has 0 atom stereocenters. The maximum absolute atomic E-state index is 13.2. The molecule has 0 aliphatic carbocycles. The van der Waals surface area contributed by atoms with Crippen molar-refractivity contribution in [2.75, 3.05) is 7.05 Å². The highest BCUT2D eigenvalue weighted by Crippen LogP contribution is 2.30. The molecule has 160 valence electrons. The van der Waals surface area contributed by atoms with Crippen LogP contribution < -0.4 is 5.49 Å². The molecule has 0 fully saturated rings. The number of nitrogens with zero attached hydrogens (tertiary/aromatic N) is 4. The van der Waals surface area contributed by atoms with E-state index in [4.69, 9.17) is 16.7 Å². The first-order valence-electron chi connectivity index (χ1n) is 9.92. The molecule has 0 bridgehead atoms. The molecule has 4 aromatic rings. The van der Waals surface area contributed by atoms with E-state index < -0.39 is 0 Å². The first-order valence-corrected chi connectivity index (χ1v) is 10.3. The summed E-state index contributed by atoms with van der Waals surface area (Å²) in [5.74, 6) is -0.289. The van der Waals surface area contributed by atoms with Gasteiger partial charge in [0.25, 0.3) is 0 Å². The molecule has 0 saturated carbocycles. The Balaban J connectivity index is 1.90. The van der Waals surface area contributed by atoms with Crippen molar-refractivity contribution in [3.63, 3.8) is 0 Å². The Morgan fingerprint density at radius 1 is 1.00 bits per heavy atom. The highest BCUT2D eigenvalue weighted by atomic mass is 35.5. The molecule has 7 heteroatoms. The van der Waals surface area contributed by atoms with Crippen LogP contribution >= 0.6 is 11.6 Å². The molecule has 0 spiro atoms. The smallest absolute Gasteiger partial charge is 0.219 e. The second kappa shape index (κ2) is 9.58. The van der Waals surface area contributed by atoms with Gasteiger partial charge in [-0.25, -0.2) is 4.39 Å². The average Bonchev–Trinajstić information content (AvgIpc) is 2.81. The van der Waals surface area contributed by atoms with Crippen molar-refractivity contribution in [3.05, 3.63) is 107 Å². The topological polar surface area (TPSA) is 50.5 Å². The van der Waals surface area contributed by atoms with Crippen LogP contribution in [0.25, 0.3) is 22.3 Å². The fourth-order valence-electron chi connectivity index (χ4n) is 3.47. The van der Waals surface area contributed by atoms with Crippen LogP contribution in [-0.4, -0.2) is 28.0 Å². The molecule has 2 aromatic heterocycles. The van der Waals surface area contributed by atoms with E-state index in [2.05, 4.69) is 4.98 Å². The van der Waals surface area contributed by atoms with Gasteiger partial charge in [0.05, 0.1) is 6.54 Å². The lowest BCUT2D eigenvalue weighted by Crippen LogP contribution is -2.27. The predicted octanol–water partition coefficient (Wildman–Crippen LogP) is 5.00. The quantitative estimate of drug-likeness (QED) is 0.309. The predicted molar refractivity (Wildman–Crippen MR) is 124 cm³/mol. The second-order valence-electron chi connectivity index (χ2n) is 7.23. The minimum atomic E-state index is -0.289.